The van der Waals surface area contributed by atoms with Crippen LogP contribution in [0.25, 0.3) is 0 Å². The molecule has 5 heteroatoms. The molecule has 0 aliphatic rings. The van der Waals surface area contributed by atoms with Crippen LogP contribution in [-0.4, -0.2) is 18.4 Å². The zero-order chi connectivity index (χ0) is 13.6. The van der Waals surface area contributed by atoms with Gasteiger partial charge in [-0.15, -0.1) is 0 Å². The molecule has 2 aromatic rings. The molecule has 100 valence electrons. The van der Waals surface area contributed by atoms with E-state index in [1.165, 1.54) is 0 Å². The third-order valence-corrected chi connectivity index (χ3v) is 7.16. The molecule has 0 unspecified atom stereocenters. The maximum atomic E-state index is 4.36. The normalized spacial score (nSPS) is 11.1. The molecule has 19 heavy (non-hydrogen) atoms. The first-order valence-electron chi connectivity index (χ1n) is 6.66. The molecule has 0 saturated carbocycles. The van der Waals surface area contributed by atoms with Gasteiger partial charge in [0.05, 0.1) is 0 Å². The highest BCUT2D eigenvalue weighted by Gasteiger charge is 2.31. The van der Waals surface area contributed by atoms with E-state index in [4.69, 9.17) is 0 Å². The third-order valence-electron chi connectivity index (χ3n) is 3.27. The Morgan fingerprint density at radius 3 is 1.63 bits per heavy atom. The van der Waals surface area contributed by atoms with Gasteiger partial charge >= 0.3 is 0 Å². The maximum Gasteiger partial charge on any atom is 0.260 e. The van der Waals surface area contributed by atoms with Gasteiger partial charge < -0.3 is 9.96 Å². The van der Waals surface area contributed by atoms with Crippen LogP contribution in [0, 0.1) is 0 Å². The number of pyridine rings is 2. The van der Waals surface area contributed by atoms with E-state index in [1.54, 1.807) is 0 Å². The van der Waals surface area contributed by atoms with Gasteiger partial charge in [0.1, 0.15) is 11.6 Å². The summed E-state index contributed by atoms with van der Waals surface area (Å²) in [5.74, 6) is 1.86. The number of rotatable bonds is 6. The second-order valence-corrected chi connectivity index (χ2v) is 8.55. The predicted octanol–water partition coefficient (Wildman–Crippen LogP) is 3.48. The van der Waals surface area contributed by atoms with Gasteiger partial charge in [-0.3, -0.25) is 0 Å². The van der Waals surface area contributed by atoms with Gasteiger partial charge in [-0.05, 0) is 36.4 Å². The van der Waals surface area contributed by atoms with Gasteiger partial charge in [-0.25, -0.2) is 9.97 Å². The molecule has 0 saturated heterocycles. The Labute approximate surface area is 115 Å². The highest BCUT2D eigenvalue weighted by Crippen LogP contribution is 2.19. The molecule has 4 nitrogen and oxygen atoms in total. The van der Waals surface area contributed by atoms with Gasteiger partial charge in [0.15, 0.2) is 0 Å². The molecule has 0 radical (unpaired) electrons. The lowest BCUT2D eigenvalue weighted by molar-refractivity contribution is 1.19. The van der Waals surface area contributed by atoms with E-state index in [0.29, 0.717) is 0 Å². The largest absolute Gasteiger partial charge is 0.379 e. The van der Waals surface area contributed by atoms with Gasteiger partial charge in [0, 0.05) is 12.4 Å². The lowest BCUT2D eigenvalue weighted by Crippen LogP contribution is -2.51. The highest BCUT2D eigenvalue weighted by molar-refractivity contribution is 6.85. The summed E-state index contributed by atoms with van der Waals surface area (Å²) < 4.78 is 0. The summed E-state index contributed by atoms with van der Waals surface area (Å²) in [7, 11) is -1.85. The molecule has 0 aliphatic carbocycles. The van der Waals surface area contributed by atoms with E-state index in [2.05, 4.69) is 33.8 Å². The SMILES string of the molecule is CC[Si](CC)(Nc1ccccn1)Nc1ccccn1. The van der Waals surface area contributed by atoms with Crippen molar-refractivity contribution >= 4 is 20.0 Å². The molecule has 0 spiro atoms. The highest BCUT2D eigenvalue weighted by atomic mass is 28.3. The Balaban J connectivity index is 2.18. The van der Waals surface area contributed by atoms with Crippen molar-refractivity contribution in [1.29, 1.82) is 0 Å². The Bertz CT molecular complexity index is 442. The molecule has 2 N–H and O–H groups in total. The molecule has 2 heterocycles. The second-order valence-electron chi connectivity index (χ2n) is 4.47. The van der Waals surface area contributed by atoms with Crippen LogP contribution >= 0.6 is 0 Å². The van der Waals surface area contributed by atoms with Crippen molar-refractivity contribution in [2.75, 3.05) is 9.96 Å². The fraction of sp³-hybridized carbons (Fsp3) is 0.286. The first-order chi connectivity index (χ1) is 9.28. The Morgan fingerprint density at radius 1 is 0.842 bits per heavy atom. The second kappa shape index (κ2) is 6.33. The summed E-state index contributed by atoms with van der Waals surface area (Å²) in [5, 5.41) is 0. The van der Waals surface area contributed by atoms with Crippen molar-refractivity contribution < 1.29 is 0 Å². The molecule has 0 aliphatic heterocycles. The van der Waals surface area contributed by atoms with Gasteiger partial charge in [-0.2, -0.15) is 0 Å². The number of hydrogen-bond acceptors (Lipinski definition) is 4. The summed E-state index contributed by atoms with van der Waals surface area (Å²) in [6, 6.07) is 14.0. The lowest BCUT2D eigenvalue weighted by Gasteiger charge is -2.31. The summed E-state index contributed by atoms with van der Waals surface area (Å²) in [4.78, 5) is 16.0. The van der Waals surface area contributed by atoms with E-state index in [0.717, 1.165) is 23.7 Å². The number of nitrogens with zero attached hydrogens (tertiary/aromatic N) is 2. The topological polar surface area (TPSA) is 49.8 Å². The van der Waals surface area contributed by atoms with Crippen LogP contribution in [0.5, 0.6) is 0 Å². The standard InChI is InChI=1S/C14H20N4Si/c1-3-19(4-2,17-13-9-5-7-11-15-13)18-14-10-6-8-12-16-14/h5-12H,3-4H2,1-2H3,(H,15,17)(H,16,18). The van der Waals surface area contributed by atoms with Crippen LogP contribution in [0.1, 0.15) is 13.8 Å². The summed E-state index contributed by atoms with van der Waals surface area (Å²) in [6.45, 7) is 4.42. The van der Waals surface area contributed by atoms with Crippen LogP contribution in [0.2, 0.25) is 12.1 Å². The number of anilines is 2. The van der Waals surface area contributed by atoms with E-state index < -0.39 is 8.40 Å². The maximum absolute atomic E-state index is 4.36. The molecule has 0 amide bonds. The molecular formula is C14H20N4Si. The summed E-state index contributed by atoms with van der Waals surface area (Å²) in [6.07, 6.45) is 3.63. The zero-order valence-corrected chi connectivity index (χ0v) is 12.4. The van der Waals surface area contributed by atoms with Crippen molar-refractivity contribution in [3.63, 3.8) is 0 Å². The fourth-order valence-electron chi connectivity index (χ4n) is 2.00. The van der Waals surface area contributed by atoms with E-state index >= 15 is 0 Å². The quantitative estimate of drug-likeness (QED) is 0.790. The van der Waals surface area contributed by atoms with Gasteiger partial charge in [0.2, 0.25) is 0 Å². The Morgan fingerprint density at radius 2 is 1.32 bits per heavy atom. The van der Waals surface area contributed by atoms with E-state index in [1.807, 2.05) is 48.8 Å². The molecule has 2 aromatic heterocycles. The molecular weight excluding hydrogens is 252 g/mol. The molecule has 0 fully saturated rings. The van der Waals surface area contributed by atoms with Crippen molar-refractivity contribution in [2.24, 2.45) is 0 Å². The van der Waals surface area contributed by atoms with Crippen molar-refractivity contribution in [1.82, 2.24) is 9.97 Å². The average Bonchev–Trinajstić information content (AvgIpc) is 2.48. The minimum Gasteiger partial charge on any atom is -0.379 e. The smallest absolute Gasteiger partial charge is 0.260 e. The summed E-state index contributed by atoms with van der Waals surface area (Å²) in [5.41, 5.74) is 0. The molecule has 0 aromatic carbocycles. The minimum atomic E-state index is -1.85. The van der Waals surface area contributed by atoms with Crippen LogP contribution in [0.4, 0.5) is 11.6 Å². The van der Waals surface area contributed by atoms with E-state index in [9.17, 15) is 0 Å². The summed E-state index contributed by atoms with van der Waals surface area (Å²) >= 11 is 0. The predicted molar refractivity (Wildman–Crippen MR) is 82.4 cm³/mol. The van der Waals surface area contributed by atoms with Crippen molar-refractivity contribution in [3.05, 3.63) is 48.8 Å². The number of nitrogens with one attached hydrogen (secondary N) is 2. The number of aromatic nitrogens is 2. The third kappa shape index (κ3) is 3.54. The van der Waals surface area contributed by atoms with Crippen molar-refractivity contribution in [2.45, 2.75) is 25.9 Å². The molecule has 2 rings (SSSR count). The van der Waals surface area contributed by atoms with Crippen LogP contribution in [0.3, 0.4) is 0 Å². The van der Waals surface area contributed by atoms with Crippen LogP contribution in [0.15, 0.2) is 48.8 Å². The van der Waals surface area contributed by atoms with Crippen molar-refractivity contribution in [3.8, 4) is 0 Å². The average molecular weight is 272 g/mol. The number of hydrogen-bond donors (Lipinski definition) is 2. The van der Waals surface area contributed by atoms with Gasteiger partial charge in [0.25, 0.3) is 8.40 Å². The monoisotopic (exact) mass is 272 g/mol. The first kappa shape index (κ1) is 13.5. The van der Waals surface area contributed by atoms with E-state index in [-0.39, 0.29) is 0 Å². The van der Waals surface area contributed by atoms with Crippen LogP contribution < -0.4 is 9.96 Å². The molecule has 0 bridgehead atoms. The minimum absolute atomic E-state index is 0.932. The van der Waals surface area contributed by atoms with Gasteiger partial charge in [-0.1, -0.05) is 26.0 Å². The first-order valence-corrected chi connectivity index (χ1v) is 9.08. The molecule has 0 atom stereocenters. The van der Waals surface area contributed by atoms with Crippen LogP contribution in [-0.2, 0) is 0 Å². The lowest BCUT2D eigenvalue weighted by atomic mass is 10.5. The Hall–Kier alpha value is -1.88. The Kier molecular flexibility index (Phi) is 4.51. The zero-order valence-electron chi connectivity index (χ0n) is 11.4. The fourth-order valence-corrected chi connectivity index (χ4v) is 4.54.